The molecule has 17 heavy (non-hydrogen) atoms. The maximum Gasteiger partial charge on any atom is 0.220 e. The molecule has 0 radical (unpaired) electrons. The van der Waals surface area contributed by atoms with Gasteiger partial charge in [0.05, 0.1) is 0 Å². The van der Waals surface area contributed by atoms with Crippen LogP contribution in [0.4, 0.5) is 0 Å². The smallest absolute Gasteiger partial charge is 0.220 e. The minimum atomic E-state index is -0.0908. The third kappa shape index (κ3) is 11.5. The summed E-state index contributed by atoms with van der Waals surface area (Å²) < 4.78 is 0. The zero-order valence-corrected chi connectivity index (χ0v) is 11.4. The summed E-state index contributed by atoms with van der Waals surface area (Å²) in [6, 6.07) is 0. The molecule has 2 amide bonds. The molecule has 5 nitrogen and oxygen atoms in total. The first-order valence-electron chi connectivity index (χ1n) is 5.83. The fourth-order valence-electron chi connectivity index (χ4n) is 1.04. The molecule has 0 aliphatic carbocycles. The lowest BCUT2D eigenvalue weighted by Crippen LogP contribution is -2.32. The number of hydrogen-bond donors (Lipinski definition) is 3. The molecule has 0 aliphatic rings. The molecule has 0 aromatic carbocycles. The number of rotatable bonds is 8. The van der Waals surface area contributed by atoms with E-state index in [0.29, 0.717) is 19.6 Å². The average molecular weight is 266 g/mol. The topological polar surface area (TPSA) is 84.2 Å². The average Bonchev–Trinajstić information content (AvgIpc) is 2.30. The molecule has 1 unspecified atom stereocenters. The summed E-state index contributed by atoms with van der Waals surface area (Å²) in [5.41, 5.74) is 5.42. The molecule has 0 spiro atoms. The lowest BCUT2D eigenvalue weighted by molar-refractivity contribution is -0.126. The van der Waals surface area contributed by atoms with Gasteiger partial charge in [0, 0.05) is 25.9 Å². The van der Waals surface area contributed by atoms with Gasteiger partial charge in [0.25, 0.3) is 0 Å². The van der Waals surface area contributed by atoms with E-state index in [-0.39, 0.29) is 43.0 Å². The number of carbonyl (C=O) groups is 2. The minimum Gasteiger partial charge on any atom is -0.356 e. The van der Waals surface area contributed by atoms with Gasteiger partial charge in [-0.1, -0.05) is 13.8 Å². The molecule has 4 N–H and O–H groups in total. The second kappa shape index (κ2) is 11.7. The fraction of sp³-hybridized carbons (Fsp3) is 0.818. The Bertz CT molecular complexity index is 225. The van der Waals surface area contributed by atoms with E-state index in [0.717, 1.165) is 6.42 Å². The minimum absolute atomic E-state index is 0. The Kier molecular flexibility index (Phi) is 12.7. The molecule has 0 heterocycles. The van der Waals surface area contributed by atoms with Crippen LogP contribution in [0.25, 0.3) is 0 Å². The van der Waals surface area contributed by atoms with Crippen LogP contribution in [-0.2, 0) is 9.59 Å². The molecule has 0 bridgehead atoms. The van der Waals surface area contributed by atoms with Gasteiger partial charge in [-0.25, -0.2) is 0 Å². The lowest BCUT2D eigenvalue weighted by Gasteiger charge is -2.09. The van der Waals surface area contributed by atoms with E-state index in [1.54, 1.807) is 0 Å². The van der Waals surface area contributed by atoms with E-state index in [9.17, 15) is 9.59 Å². The third-order valence-electron chi connectivity index (χ3n) is 2.20. The summed E-state index contributed by atoms with van der Waals surface area (Å²) in [5, 5.41) is 5.47. The summed E-state index contributed by atoms with van der Waals surface area (Å²) in [7, 11) is 0. The van der Waals surface area contributed by atoms with Gasteiger partial charge >= 0.3 is 0 Å². The number of amides is 2. The predicted molar refractivity (Wildman–Crippen MR) is 71.0 cm³/mol. The predicted octanol–water partition coefficient (Wildman–Crippen LogP) is 0.426. The molecule has 102 valence electrons. The lowest BCUT2D eigenvalue weighted by atomic mass is 10.2. The highest BCUT2D eigenvalue weighted by molar-refractivity contribution is 5.85. The first kappa shape index (κ1) is 18.6. The standard InChI is InChI=1S/C11H23N3O2.ClH/c1-3-6-13-10(15)4-5-11(16)14-8-9(2)7-12;/h9H,3-8,12H2,1-2H3,(H,13,15)(H,14,16);1H. The van der Waals surface area contributed by atoms with Crippen molar-refractivity contribution < 1.29 is 9.59 Å². The van der Waals surface area contributed by atoms with Gasteiger partial charge in [-0.15, -0.1) is 12.4 Å². The summed E-state index contributed by atoms with van der Waals surface area (Å²) in [6.45, 7) is 5.75. The zero-order chi connectivity index (χ0) is 12.4. The van der Waals surface area contributed by atoms with E-state index in [1.807, 2.05) is 13.8 Å². The summed E-state index contributed by atoms with van der Waals surface area (Å²) in [5.74, 6) is 0.119. The molecule has 0 aliphatic heterocycles. The van der Waals surface area contributed by atoms with Crippen LogP contribution in [0.5, 0.6) is 0 Å². The molecule has 0 rings (SSSR count). The van der Waals surface area contributed by atoms with Gasteiger partial charge in [-0.2, -0.15) is 0 Å². The molecule has 0 saturated carbocycles. The van der Waals surface area contributed by atoms with E-state index in [1.165, 1.54) is 0 Å². The van der Waals surface area contributed by atoms with Crippen LogP contribution >= 0.6 is 12.4 Å². The Morgan fingerprint density at radius 3 is 2.18 bits per heavy atom. The van der Waals surface area contributed by atoms with Crippen LogP contribution in [0, 0.1) is 5.92 Å². The number of carbonyl (C=O) groups excluding carboxylic acids is 2. The first-order chi connectivity index (χ1) is 7.60. The van der Waals surface area contributed by atoms with Crippen LogP contribution < -0.4 is 16.4 Å². The van der Waals surface area contributed by atoms with Crippen LogP contribution in [0.3, 0.4) is 0 Å². The third-order valence-corrected chi connectivity index (χ3v) is 2.20. The molecule has 0 fully saturated rings. The van der Waals surface area contributed by atoms with Crippen LogP contribution in [0.1, 0.15) is 33.1 Å². The van der Waals surface area contributed by atoms with Crippen LogP contribution in [-0.4, -0.2) is 31.4 Å². The van der Waals surface area contributed by atoms with Crippen molar-refractivity contribution in [1.29, 1.82) is 0 Å². The summed E-state index contributed by atoms with van der Waals surface area (Å²) >= 11 is 0. The van der Waals surface area contributed by atoms with E-state index >= 15 is 0 Å². The second-order valence-corrected chi connectivity index (χ2v) is 3.99. The molecule has 0 aromatic rings. The van der Waals surface area contributed by atoms with Crippen molar-refractivity contribution in [3.63, 3.8) is 0 Å². The largest absolute Gasteiger partial charge is 0.356 e. The Labute approximate surface area is 109 Å². The number of nitrogens with two attached hydrogens (primary N) is 1. The van der Waals surface area contributed by atoms with Crippen molar-refractivity contribution in [2.45, 2.75) is 33.1 Å². The Morgan fingerprint density at radius 2 is 1.71 bits per heavy atom. The fourth-order valence-corrected chi connectivity index (χ4v) is 1.04. The van der Waals surface area contributed by atoms with Crippen molar-refractivity contribution in [3.05, 3.63) is 0 Å². The van der Waals surface area contributed by atoms with Crippen molar-refractivity contribution in [2.24, 2.45) is 11.7 Å². The number of nitrogens with one attached hydrogen (secondary N) is 2. The van der Waals surface area contributed by atoms with Gasteiger partial charge in [0.15, 0.2) is 0 Å². The summed E-state index contributed by atoms with van der Waals surface area (Å²) in [6.07, 6.45) is 1.40. The van der Waals surface area contributed by atoms with Crippen molar-refractivity contribution >= 4 is 24.2 Å². The molecular weight excluding hydrogens is 242 g/mol. The van der Waals surface area contributed by atoms with Gasteiger partial charge < -0.3 is 16.4 Å². The Morgan fingerprint density at radius 1 is 1.18 bits per heavy atom. The zero-order valence-electron chi connectivity index (χ0n) is 10.6. The van der Waals surface area contributed by atoms with Crippen LogP contribution in [0.15, 0.2) is 0 Å². The van der Waals surface area contributed by atoms with Crippen molar-refractivity contribution in [2.75, 3.05) is 19.6 Å². The quantitative estimate of drug-likeness (QED) is 0.595. The highest BCUT2D eigenvalue weighted by Crippen LogP contribution is 1.92. The van der Waals surface area contributed by atoms with Crippen molar-refractivity contribution in [1.82, 2.24) is 10.6 Å². The molecule has 0 aromatic heterocycles. The normalized spacial score (nSPS) is 11.2. The Hall–Kier alpha value is -0.810. The second-order valence-electron chi connectivity index (χ2n) is 3.99. The van der Waals surface area contributed by atoms with Gasteiger partial charge in [-0.05, 0) is 18.9 Å². The molecular formula is C11H24ClN3O2. The van der Waals surface area contributed by atoms with Gasteiger partial charge in [0.1, 0.15) is 0 Å². The summed E-state index contributed by atoms with van der Waals surface area (Å²) in [4.78, 5) is 22.5. The highest BCUT2D eigenvalue weighted by atomic mass is 35.5. The van der Waals surface area contributed by atoms with Crippen molar-refractivity contribution in [3.8, 4) is 0 Å². The Balaban J connectivity index is 0. The monoisotopic (exact) mass is 265 g/mol. The maximum absolute atomic E-state index is 11.3. The molecule has 1 atom stereocenters. The van der Waals surface area contributed by atoms with E-state index in [2.05, 4.69) is 10.6 Å². The number of hydrogen-bond acceptors (Lipinski definition) is 3. The highest BCUT2D eigenvalue weighted by Gasteiger charge is 2.07. The number of halogens is 1. The molecule has 6 heteroatoms. The maximum atomic E-state index is 11.3. The van der Waals surface area contributed by atoms with Gasteiger partial charge in [0.2, 0.25) is 11.8 Å². The van der Waals surface area contributed by atoms with E-state index in [4.69, 9.17) is 5.73 Å². The SMILES string of the molecule is CCCNC(=O)CCC(=O)NCC(C)CN.Cl. The van der Waals surface area contributed by atoms with Gasteiger partial charge in [-0.3, -0.25) is 9.59 Å². The molecule has 0 saturated heterocycles. The first-order valence-corrected chi connectivity index (χ1v) is 5.83. The van der Waals surface area contributed by atoms with E-state index < -0.39 is 0 Å². The van der Waals surface area contributed by atoms with Crippen LogP contribution in [0.2, 0.25) is 0 Å².